The van der Waals surface area contributed by atoms with Crippen LogP contribution in [0.25, 0.3) is 0 Å². The van der Waals surface area contributed by atoms with Gasteiger partial charge in [0.1, 0.15) is 0 Å². The molecule has 2 aliphatic heterocycles. The van der Waals surface area contributed by atoms with Crippen molar-refractivity contribution in [1.29, 1.82) is 0 Å². The molecular weight excluding hydrogens is 424 g/mol. The third-order valence-corrected chi connectivity index (χ3v) is 8.79. The second kappa shape index (κ2) is 7.47. The van der Waals surface area contributed by atoms with Crippen LogP contribution >= 0.6 is 11.3 Å². The summed E-state index contributed by atoms with van der Waals surface area (Å²) in [6, 6.07) is 8.82. The van der Waals surface area contributed by atoms with Gasteiger partial charge in [0.15, 0.2) is 5.60 Å². The first-order chi connectivity index (χ1) is 14.1. The van der Waals surface area contributed by atoms with E-state index in [2.05, 4.69) is 0 Å². The van der Waals surface area contributed by atoms with Crippen molar-refractivity contribution in [3.05, 3.63) is 51.2 Å². The fourth-order valence-electron chi connectivity index (χ4n) is 4.12. The molecule has 3 heterocycles. The van der Waals surface area contributed by atoms with Crippen molar-refractivity contribution < 1.29 is 22.7 Å². The first-order valence-corrected chi connectivity index (χ1v) is 12.1. The van der Waals surface area contributed by atoms with E-state index >= 15 is 0 Å². The van der Waals surface area contributed by atoms with Gasteiger partial charge in [-0.2, -0.15) is 4.31 Å². The summed E-state index contributed by atoms with van der Waals surface area (Å²) in [5.41, 5.74) is -0.0118. The van der Waals surface area contributed by atoms with Crippen molar-refractivity contribution in [2.24, 2.45) is 0 Å². The molecule has 1 unspecified atom stereocenters. The summed E-state index contributed by atoms with van der Waals surface area (Å²) in [6.07, 6.45) is 0.305. The maximum Gasteiger partial charge on any atom is 0.339 e. The molecule has 2 aliphatic rings. The topological polar surface area (TPSA) is 84.0 Å². The minimum Gasteiger partial charge on any atom is -0.445 e. The van der Waals surface area contributed by atoms with E-state index in [1.165, 1.54) is 15.6 Å². The zero-order valence-corrected chi connectivity index (χ0v) is 18.8. The zero-order valence-electron chi connectivity index (χ0n) is 17.2. The minimum absolute atomic E-state index is 0.211. The van der Waals surface area contributed by atoms with Gasteiger partial charge < -0.3 is 9.64 Å². The Labute approximate surface area is 180 Å². The Morgan fingerprint density at radius 2 is 1.80 bits per heavy atom. The first-order valence-electron chi connectivity index (χ1n) is 9.80. The number of carbonyl (C=O) groups excluding carboxylic acids is 2. The molecular formula is C21H24N2O5S2. The molecule has 1 fully saturated rings. The van der Waals surface area contributed by atoms with Gasteiger partial charge in [0.25, 0.3) is 5.91 Å². The molecule has 0 spiro atoms. The molecule has 0 bridgehead atoms. The third kappa shape index (κ3) is 3.55. The van der Waals surface area contributed by atoms with Gasteiger partial charge in [0.05, 0.1) is 10.5 Å². The average Bonchev–Trinajstić information content (AvgIpc) is 3.06. The quantitative estimate of drug-likeness (QED) is 0.673. The van der Waals surface area contributed by atoms with Crippen molar-refractivity contribution in [3.63, 3.8) is 0 Å². The molecule has 1 saturated heterocycles. The largest absolute Gasteiger partial charge is 0.445 e. The minimum atomic E-state index is -3.59. The third-order valence-electron chi connectivity index (χ3n) is 5.67. The highest BCUT2D eigenvalue weighted by Gasteiger charge is 2.45. The van der Waals surface area contributed by atoms with E-state index in [0.717, 1.165) is 15.3 Å². The number of benzene rings is 1. The molecule has 30 heavy (non-hydrogen) atoms. The molecule has 2 aromatic rings. The Morgan fingerprint density at radius 3 is 2.43 bits per heavy atom. The van der Waals surface area contributed by atoms with Crippen LogP contribution in [0.2, 0.25) is 0 Å². The first kappa shape index (κ1) is 21.0. The average molecular weight is 449 g/mol. The molecule has 160 valence electrons. The van der Waals surface area contributed by atoms with Crippen LogP contribution in [-0.4, -0.2) is 61.3 Å². The van der Waals surface area contributed by atoms with Crippen molar-refractivity contribution in [3.8, 4) is 0 Å². The maximum absolute atomic E-state index is 13.2. The molecule has 1 aromatic carbocycles. The van der Waals surface area contributed by atoms with E-state index in [9.17, 15) is 18.0 Å². The second-order valence-electron chi connectivity index (χ2n) is 7.93. The van der Waals surface area contributed by atoms with Crippen molar-refractivity contribution in [2.75, 3.05) is 26.2 Å². The fourth-order valence-corrected chi connectivity index (χ4v) is 7.07. The number of cyclic esters (lactones) is 1. The summed E-state index contributed by atoms with van der Waals surface area (Å²) < 4.78 is 33.0. The molecule has 0 radical (unpaired) electrons. The Balaban J connectivity index is 1.47. The number of rotatable bonds is 3. The summed E-state index contributed by atoms with van der Waals surface area (Å²) in [5, 5.41) is 0. The molecule has 4 rings (SSSR count). The number of hydrogen-bond donors (Lipinski definition) is 0. The Kier molecular flexibility index (Phi) is 5.24. The maximum atomic E-state index is 13.2. The van der Waals surface area contributed by atoms with Gasteiger partial charge in [0, 0.05) is 42.4 Å². The summed E-state index contributed by atoms with van der Waals surface area (Å²) in [4.78, 5) is 29.2. The van der Waals surface area contributed by atoms with Crippen LogP contribution in [-0.2, 0) is 26.0 Å². The Bertz CT molecular complexity index is 1120. The number of ether oxygens (including phenoxy) is 1. The number of aryl methyl sites for hydroxylation is 2. The molecule has 0 N–H and O–H groups in total. The molecule has 1 amide bonds. The zero-order chi connectivity index (χ0) is 21.7. The summed E-state index contributed by atoms with van der Waals surface area (Å²) in [7, 11) is -3.59. The summed E-state index contributed by atoms with van der Waals surface area (Å²) in [6.45, 7) is 6.26. The predicted molar refractivity (Wildman–Crippen MR) is 113 cm³/mol. The molecule has 7 nitrogen and oxygen atoms in total. The lowest BCUT2D eigenvalue weighted by molar-refractivity contribution is -0.152. The van der Waals surface area contributed by atoms with Gasteiger partial charge in [-0.05, 0) is 38.5 Å². The number of esters is 1. The predicted octanol–water partition coefficient (Wildman–Crippen LogP) is 2.37. The Morgan fingerprint density at radius 1 is 1.13 bits per heavy atom. The monoisotopic (exact) mass is 448 g/mol. The van der Waals surface area contributed by atoms with E-state index in [1.54, 1.807) is 36.9 Å². The lowest BCUT2D eigenvalue weighted by Crippen LogP contribution is -2.58. The number of fused-ring (bicyclic) bond motifs is 1. The van der Waals surface area contributed by atoms with Gasteiger partial charge in [-0.15, -0.1) is 11.3 Å². The second-order valence-corrected chi connectivity index (χ2v) is 11.3. The summed E-state index contributed by atoms with van der Waals surface area (Å²) >= 11 is 1.46. The number of amides is 1. The van der Waals surface area contributed by atoms with Crippen LogP contribution in [0.5, 0.6) is 0 Å². The highest BCUT2D eigenvalue weighted by Crippen LogP contribution is 2.31. The van der Waals surface area contributed by atoms with Crippen LogP contribution < -0.4 is 0 Å². The number of sulfonamides is 1. The van der Waals surface area contributed by atoms with Gasteiger partial charge in [-0.25, -0.2) is 13.2 Å². The number of thiophene rings is 1. The number of nitrogens with zero attached hydrogens (tertiary/aromatic N) is 2. The fraction of sp³-hybridized carbons (Fsp3) is 0.429. The van der Waals surface area contributed by atoms with E-state index in [1.807, 2.05) is 19.1 Å². The number of hydrogen-bond acceptors (Lipinski definition) is 6. The number of carbonyl (C=O) groups is 2. The van der Waals surface area contributed by atoms with Crippen LogP contribution in [0, 0.1) is 13.8 Å². The van der Waals surface area contributed by atoms with E-state index < -0.39 is 21.6 Å². The lowest BCUT2D eigenvalue weighted by atomic mass is 9.89. The van der Waals surface area contributed by atoms with Gasteiger partial charge in [-0.1, -0.05) is 18.2 Å². The number of piperazine rings is 1. The van der Waals surface area contributed by atoms with Gasteiger partial charge in [0.2, 0.25) is 10.0 Å². The molecule has 0 saturated carbocycles. The van der Waals surface area contributed by atoms with E-state index in [0.29, 0.717) is 16.9 Å². The lowest BCUT2D eigenvalue weighted by Gasteiger charge is -2.40. The van der Waals surface area contributed by atoms with Crippen LogP contribution in [0.3, 0.4) is 0 Å². The SMILES string of the molecule is Cc1cc(S(=O)(=O)N2CCN(C(=O)C3(C)Cc4ccccc4C(=O)O3)CC2)c(C)s1. The molecule has 0 aliphatic carbocycles. The molecule has 1 aromatic heterocycles. The highest BCUT2D eigenvalue weighted by atomic mass is 32.2. The molecule has 9 heteroatoms. The van der Waals surface area contributed by atoms with E-state index in [-0.39, 0.29) is 32.1 Å². The Hall–Kier alpha value is -2.23. The van der Waals surface area contributed by atoms with Crippen molar-refractivity contribution in [1.82, 2.24) is 9.21 Å². The van der Waals surface area contributed by atoms with Gasteiger partial charge in [-0.3, -0.25) is 4.79 Å². The van der Waals surface area contributed by atoms with E-state index in [4.69, 9.17) is 4.74 Å². The van der Waals surface area contributed by atoms with Gasteiger partial charge >= 0.3 is 5.97 Å². The normalized spacial score (nSPS) is 22.5. The van der Waals surface area contributed by atoms with Crippen LogP contribution in [0.4, 0.5) is 0 Å². The highest BCUT2D eigenvalue weighted by molar-refractivity contribution is 7.89. The van der Waals surface area contributed by atoms with Crippen molar-refractivity contribution in [2.45, 2.75) is 37.7 Å². The standard InChI is InChI=1S/C21H24N2O5S2/c1-14-12-18(15(2)29-14)30(26,27)23-10-8-22(9-11-23)20(25)21(3)13-16-6-4-5-7-17(16)19(24)28-21/h4-7,12H,8-11,13H2,1-3H3. The molecule has 1 atom stereocenters. The van der Waals surface area contributed by atoms with Crippen LogP contribution in [0.1, 0.15) is 32.6 Å². The van der Waals surface area contributed by atoms with Crippen LogP contribution in [0.15, 0.2) is 35.2 Å². The smallest absolute Gasteiger partial charge is 0.339 e. The summed E-state index contributed by atoms with van der Waals surface area (Å²) in [5.74, 6) is -0.790. The van der Waals surface area contributed by atoms with Crippen molar-refractivity contribution >= 4 is 33.2 Å².